The van der Waals surface area contributed by atoms with Crippen LogP contribution >= 0.6 is 11.8 Å². The molecule has 0 radical (unpaired) electrons. The number of benzene rings is 2. The topological polar surface area (TPSA) is 67.4 Å². The molecule has 2 amide bonds. The van der Waals surface area contributed by atoms with Crippen LogP contribution in [0, 0.1) is 0 Å². The van der Waals surface area contributed by atoms with E-state index in [2.05, 4.69) is 17.2 Å². The molecule has 0 saturated carbocycles. The van der Waals surface area contributed by atoms with Crippen LogP contribution in [0.4, 0.5) is 5.69 Å². The summed E-state index contributed by atoms with van der Waals surface area (Å²) in [5.74, 6) is 1.07. The van der Waals surface area contributed by atoms with Crippen LogP contribution in [0.3, 0.4) is 0 Å². The summed E-state index contributed by atoms with van der Waals surface area (Å²) in [5.41, 5.74) is 0.944. The van der Waals surface area contributed by atoms with E-state index in [-0.39, 0.29) is 11.8 Å². The Morgan fingerprint density at radius 2 is 1.88 bits per heavy atom. The molecular weight excluding hydrogens is 348 g/mol. The van der Waals surface area contributed by atoms with Crippen molar-refractivity contribution in [3.63, 3.8) is 0 Å². The fourth-order valence-electron chi connectivity index (χ4n) is 2.20. The number of anilines is 1. The molecule has 0 unspecified atom stereocenters. The Morgan fingerprint density at radius 3 is 2.58 bits per heavy atom. The fourth-order valence-corrected chi connectivity index (χ4v) is 3.05. The highest BCUT2D eigenvalue weighted by molar-refractivity contribution is 7.99. The third-order valence-electron chi connectivity index (χ3n) is 3.51. The summed E-state index contributed by atoms with van der Waals surface area (Å²) >= 11 is 1.59. The summed E-state index contributed by atoms with van der Waals surface area (Å²) in [6.07, 6.45) is 1.95. The highest BCUT2D eigenvalue weighted by atomic mass is 32.2. The lowest BCUT2D eigenvalue weighted by Gasteiger charge is -2.11. The van der Waals surface area contributed by atoms with E-state index in [1.54, 1.807) is 49.2 Å². The van der Waals surface area contributed by atoms with Crippen molar-refractivity contribution in [2.45, 2.75) is 11.3 Å². The number of para-hydroxylation sites is 1. The maximum absolute atomic E-state index is 12.2. The maximum Gasteiger partial charge on any atom is 0.253 e. The predicted octanol–water partition coefficient (Wildman–Crippen LogP) is 3.73. The van der Waals surface area contributed by atoms with Crippen LogP contribution in [0.1, 0.15) is 16.8 Å². The number of amides is 2. The summed E-state index contributed by atoms with van der Waals surface area (Å²) in [6.45, 7) is 3.95. The first-order valence-corrected chi connectivity index (χ1v) is 9.17. The summed E-state index contributed by atoms with van der Waals surface area (Å²) in [7, 11) is 1.63. The molecule has 0 atom stereocenters. The molecule has 2 N–H and O–H groups in total. The molecule has 0 aliphatic heterocycles. The first-order chi connectivity index (χ1) is 12.6. The first kappa shape index (κ1) is 19.6. The summed E-state index contributed by atoms with van der Waals surface area (Å²) in [4.78, 5) is 25.4. The van der Waals surface area contributed by atoms with Gasteiger partial charge in [-0.15, -0.1) is 18.3 Å². The Bertz CT molecular complexity index is 760. The van der Waals surface area contributed by atoms with Crippen LogP contribution in [0.15, 0.2) is 66.1 Å². The van der Waals surface area contributed by atoms with Gasteiger partial charge in [-0.3, -0.25) is 9.59 Å². The van der Waals surface area contributed by atoms with Crippen LogP contribution in [-0.4, -0.2) is 31.2 Å². The highest BCUT2D eigenvalue weighted by Gasteiger charge is 2.12. The van der Waals surface area contributed by atoms with Crippen molar-refractivity contribution in [2.75, 3.05) is 24.7 Å². The molecule has 0 aliphatic rings. The lowest BCUT2D eigenvalue weighted by atomic mass is 10.1. The van der Waals surface area contributed by atoms with Gasteiger partial charge in [-0.05, 0) is 36.4 Å². The van der Waals surface area contributed by atoms with Crippen molar-refractivity contribution in [1.82, 2.24) is 5.32 Å². The van der Waals surface area contributed by atoms with Gasteiger partial charge in [-0.2, -0.15) is 0 Å². The van der Waals surface area contributed by atoms with E-state index < -0.39 is 0 Å². The van der Waals surface area contributed by atoms with Crippen molar-refractivity contribution in [2.24, 2.45) is 0 Å². The van der Waals surface area contributed by atoms with E-state index in [4.69, 9.17) is 4.74 Å². The second-order valence-corrected chi connectivity index (χ2v) is 6.53. The van der Waals surface area contributed by atoms with Crippen LogP contribution in [0.5, 0.6) is 5.75 Å². The zero-order valence-electron chi connectivity index (χ0n) is 14.7. The number of nitrogens with one attached hydrogen (secondary N) is 2. The number of methoxy groups -OCH3 is 1. The number of ether oxygens (including phenoxy) is 1. The summed E-state index contributed by atoms with van der Waals surface area (Å²) in [6, 6.07) is 14.6. The minimum absolute atomic E-state index is 0.130. The van der Waals surface area contributed by atoms with Crippen molar-refractivity contribution in [1.29, 1.82) is 0 Å². The van der Waals surface area contributed by atoms with Crippen LogP contribution in [0.2, 0.25) is 0 Å². The number of hydrogen-bond acceptors (Lipinski definition) is 4. The lowest BCUT2D eigenvalue weighted by molar-refractivity contribution is -0.115. The molecule has 136 valence electrons. The predicted molar refractivity (Wildman–Crippen MR) is 106 cm³/mol. The summed E-state index contributed by atoms with van der Waals surface area (Å²) in [5, 5.41) is 5.53. The van der Waals surface area contributed by atoms with Gasteiger partial charge in [0, 0.05) is 23.6 Å². The third-order valence-corrected chi connectivity index (χ3v) is 4.52. The van der Waals surface area contributed by atoms with E-state index in [1.807, 2.05) is 24.3 Å². The lowest BCUT2D eigenvalue weighted by Crippen LogP contribution is -2.25. The molecular formula is C20H22N2O3S. The number of thioether (sulfide) groups is 1. The van der Waals surface area contributed by atoms with Crippen molar-refractivity contribution >= 4 is 29.3 Å². The van der Waals surface area contributed by atoms with Gasteiger partial charge < -0.3 is 15.4 Å². The molecule has 0 bridgehead atoms. The molecule has 2 aromatic carbocycles. The van der Waals surface area contributed by atoms with Gasteiger partial charge >= 0.3 is 0 Å². The van der Waals surface area contributed by atoms with Gasteiger partial charge in [0.15, 0.2) is 0 Å². The standard InChI is InChI=1S/C20H22N2O3S/c1-3-13-21-20(24)17-6-4-5-7-18(17)22-19(23)12-14-26-16-10-8-15(25-2)9-11-16/h3-11H,1,12-14H2,2H3,(H,21,24)(H,22,23). The molecule has 6 heteroatoms. The van der Waals surface area contributed by atoms with Crippen LogP contribution < -0.4 is 15.4 Å². The van der Waals surface area contributed by atoms with Gasteiger partial charge in [0.05, 0.1) is 18.4 Å². The Hall–Kier alpha value is -2.73. The highest BCUT2D eigenvalue weighted by Crippen LogP contribution is 2.22. The van der Waals surface area contributed by atoms with Gasteiger partial charge in [0.1, 0.15) is 5.75 Å². The zero-order chi connectivity index (χ0) is 18.8. The SMILES string of the molecule is C=CCNC(=O)c1ccccc1NC(=O)CCSc1ccc(OC)cc1. The molecule has 0 heterocycles. The minimum Gasteiger partial charge on any atom is -0.497 e. The maximum atomic E-state index is 12.2. The molecule has 2 aromatic rings. The second kappa shape index (κ2) is 10.3. The molecule has 0 aliphatic carbocycles. The quantitative estimate of drug-likeness (QED) is 0.521. The van der Waals surface area contributed by atoms with E-state index in [9.17, 15) is 9.59 Å². The Kier molecular flexibility index (Phi) is 7.76. The average Bonchev–Trinajstić information content (AvgIpc) is 2.67. The van der Waals surface area contributed by atoms with Crippen LogP contribution in [0.25, 0.3) is 0 Å². The number of carbonyl (C=O) groups is 2. The number of rotatable bonds is 9. The van der Waals surface area contributed by atoms with E-state index in [1.165, 1.54) is 0 Å². The fraction of sp³-hybridized carbons (Fsp3) is 0.200. The molecule has 26 heavy (non-hydrogen) atoms. The van der Waals surface area contributed by atoms with E-state index in [0.717, 1.165) is 10.6 Å². The molecule has 0 fully saturated rings. The van der Waals surface area contributed by atoms with E-state index >= 15 is 0 Å². The number of hydrogen-bond donors (Lipinski definition) is 2. The van der Waals surface area contributed by atoms with Crippen molar-refractivity contribution in [3.05, 3.63) is 66.7 Å². The Balaban J connectivity index is 1.87. The average molecular weight is 370 g/mol. The van der Waals surface area contributed by atoms with E-state index in [0.29, 0.717) is 30.0 Å². The van der Waals surface area contributed by atoms with Gasteiger partial charge in [-0.1, -0.05) is 18.2 Å². The van der Waals surface area contributed by atoms with Gasteiger partial charge in [-0.25, -0.2) is 0 Å². The number of carbonyl (C=O) groups excluding carboxylic acids is 2. The van der Waals surface area contributed by atoms with Gasteiger partial charge in [0.2, 0.25) is 5.91 Å². The molecule has 0 saturated heterocycles. The smallest absolute Gasteiger partial charge is 0.253 e. The first-order valence-electron chi connectivity index (χ1n) is 8.19. The molecule has 5 nitrogen and oxygen atoms in total. The molecule has 0 spiro atoms. The van der Waals surface area contributed by atoms with Gasteiger partial charge in [0.25, 0.3) is 5.91 Å². The van der Waals surface area contributed by atoms with Crippen LogP contribution in [-0.2, 0) is 4.79 Å². The third kappa shape index (κ3) is 5.97. The normalized spacial score (nSPS) is 10.0. The Morgan fingerprint density at radius 1 is 1.15 bits per heavy atom. The van der Waals surface area contributed by atoms with Crippen molar-refractivity contribution < 1.29 is 14.3 Å². The Labute approximate surface area is 157 Å². The van der Waals surface area contributed by atoms with Crippen molar-refractivity contribution in [3.8, 4) is 5.75 Å². The summed E-state index contributed by atoms with van der Waals surface area (Å²) < 4.78 is 5.12. The largest absolute Gasteiger partial charge is 0.497 e. The zero-order valence-corrected chi connectivity index (χ0v) is 15.5. The second-order valence-electron chi connectivity index (χ2n) is 5.37. The molecule has 0 aromatic heterocycles. The minimum atomic E-state index is -0.242. The molecule has 2 rings (SSSR count). The monoisotopic (exact) mass is 370 g/mol.